The van der Waals surface area contributed by atoms with Crippen LogP contribution < -0.4 is 10.6 Å². The first-order valence-electron chi connectivity index (χ1n) is 13.4. The normalized spacial score (nSPS) is 24.0. The molecule has 0 aliphatic carbocycles. The van der Waals surface area contributed by atoms with Crippen LogP contribution in [0.5, 0.6) is 0 Å². The molecule has 1 heterocycles. The molecular weight excluding hydrogens is 340 g/mol. The van der Waals surface area contributed by atoms with Gasteiger partial charge in [-0.25, -0.2) is 0 Å². The zero-order valence-corrected chi connectivity index (χ0v) is 19.4. The van der Waals surface area contributed by atoms with Crippen LogP contribution in [0.2, 0.25) is 0 Å². The molecule has 2 nitrogen and oxygen atoms in total. The Morgan fingerprint density at radius 1 is 0.179 bits per heavy atom. The lowest BCUT2D eigenvalue weighted by atomic mass is 10.1. The van der Waals surface area contributed by atoms with Crippen molar-refractivity contribution in [3.63, 3.8) is 0 Å². The Morgan fingerprint density at radius 3 is 0.500 bits per heavy atom. The number of hydrogen-bond donors (Lipinski definition) is 2. The standard InChI is InChI=1S/C26H54N2/c1-3-7-11-15-19-23-27-25-21-17-13-9-5-2-6-10-14-18-22-26-28-24-20-16-12-8-4-1/h27-28H,1-26H2. The molecule has 0 bridgehead atoms. The van der Waals surface area contributed by atoms with Gasteiger partial charge in [-0.3, -0.25) is 0 Å². The van der Waals surface area contributed by atoms with Gasteiger partial charge in [0.1, 0.15) is 0 Å². The van der Waals surface area contributed by atoms with Gasteiger partial charge in [0, 0.05) is 0 Å². The quantitative estimate of drug-likeness (QED) is 0.438. The van der Waals surface area contributed by atoms with Crippen molar-refractivity contribution in [3.8, 4) is 0 Å². The summed E-state index contributed by atoms with van der Waals surface area (Å²) in [5.74, 6) is 0. The predicted octanol–water partition coefficient (Wildman–Crippen LogP) is 7.76. The van der Waals surface area contributed by atoms with E-state index in [2.05, 4.69) is 10.6 Å². The van der Waals surface area contributed by atoms with E-state index in [9.17, 15) is 0 Å². The fourth-order valence-electron chi connectivity index (χ4n) is 4.43. The Hall–Kier alpha value is -0.0800. The van der Waals surface area contributed by atoms with Crippen molar-refractivity contribution in [1.82, 2.24) is 10.6 Å². The monoisotopic (exact) mass is 394 g/mol. The van der Waals surface area contributed by atoms with E-state index in [1.165, 1.54) is 167 Å². The highest BCUT2D eigenvalue weighted by molar-refractivity contribution is 4.55. The maximum Gasteiger partial charge on any atom is -0.00489 e. The van der Waals surface area contributed by atoms with Gasteiger partial charge in [0.25, 0.3) is 0 Å². The molecule has 0 unspecified atom stereocenters. The molecule has 0 aromatic heterocycles. The Bertz CT molecular complexity index is 145. The summed E-state index contributed by atoms with van der Waals surface area (Å²) in [5.41, 5.74) is 0. The molecule has 0 amide bonds. The first-order valence-corrected chi connectivity index (χ1v) is 13.4. The lowest BCUT2D eigenvalue weighted by Crippen LogP contribution is -2.16. The van der Waals surface area contributed by atoms with Crippen LogP contribution in [0.4, 0.5) is 0 Å². The van der Waals surface area contributed by atoms with Crippen molar-refractivity contribution in [2.24, 2.45) is 0 Å². The van der Waals surface area contributed by atoms with Gasteiger partial charge in [-0.2, -0.15) is 0 Å². The Morgan fingerprint density at radius 2 is 0.321 bits per heavy atom. The minimum atomic E-state index is 1.24. The zero-order chi connectivity index (χ0) is 19.8. The Balaban J connectivity index is 2.00. The molecule has 1 fully saturated rings. The van der Waals surface area contributed by atoms with Crippen LogP contribution in [0.1, 0.15) is 141 Å². The van der Waals surface area contributed by atoms with Crippen molar-refractivity contribution in [2.75, 3.05) is 26.2 Å². The number of nitrogens with one attached hydrogen (secondary N) is 2. The van der Waals surface area contributed by atoms with Crippen molar-refractivity contribution in [1.29, 1.82) is 0 Å². The van der Waals surface area contributed by atoms with E-state index in [-0.39, 0.29) is 0 Å². The molecular formula is C26H54N2. The van der Waals surface area contributed by atoms with Crippen LogP contribution in [-0.4, -0.2) is 26.2 Å². The lowest BCUT2D eigenvalue weighted by molar-refractivity contribution is 0.511. The third-order valence-electron chi connectivity index (χ3n) is 6.41. The molecule has 1 rings (SSSR count). The predicted molar refractivity (Wildman–Crippen MR) is 127 cm³/mol. The van der Waals surface area contributed by atoms with Gasteiger partial charge in [-0.1, -0.05) is 116 Å². The van der Waals surface area contributed by atoms with E-state index in [1.54, 1.807) is 0 Å². The van der Waals surface area contributed by atoms with Crippen LogP contribution in [0, 0.1) is 0 Å². The Kier molecular flexibility index (Phi) is 21.5. The second kappa shape index (κ2) is 23.2. The molecule has 0 radical (unpaired) electrons. The highest BCUT2D eigenvalue weighted by Gasteiger charge is 1.96. The van der Waals surface area contributed by atoms with Gasteiger partial charge in [0.2, 0.25) is 0 Å². The van der Waals surface area contributed by atoms with Crippen molar-refractivity contribution < 1.29 is 0 Å². The fourth-order valence-corrected chi connectivity index (χ4v) is 4.43. The summed E-state index contributed by atoms with van der Waals surface area (Å²) in [6.45, 7) is 4.98. The van der Waals surface area contributed by atoms with Gasteiger partial charge in [0.15, 0.2) is 0 Å². The summed E-state index contributed by atoms with van der Waals surface area (Å²) >= 11 is 0. The third kappa shape index (κ3) is 20.6. The van der Waals surface area contributed by atoms with Crippen molar-refractivity contribution in [2.45, 2.75) is 141 Å². The average molecular weight is 395 g/mol. The molecule has 168 valence electrons. The molecule has 0 spiro atoms. The summed E-state index contributed by atoms with van der Waals surface area (Å²) < 4.78 is 0. The van der Waals surface area contributed by atoms with Gasteiger partial charge in [0.05, 0.1) is 0 Å². The van der Waals surface area contributed by atoms with Crippen LogP contribution in [0.25, 0.3) is 0 Å². The summed E-state index contributed by atoms with van der Waals surface area (Å²) in [6.07, 6.45) is 31.7. The van der Waals surface area contributed by atoms with E-state index >= 15 is 0 Å². The summed E-state index contributed by atoms with van der Waals surface area (Å²) in [4.78, 5) is 0. The topological polar surface area (TPSA) is 24.1 Å². The van der Waals surface area contributed by atoms with Gasteiger partial charge < -0.3 is 10.6 Å². The number of hydrogen-bond acceptors (Lipinski definition) is 2. The SMILES string of the molecule is C1CCCCCCNCCCCCCCCCCCCCNCCCCCC1. The van der Waals surface area contributed by atoms with Gasteiger partial charge in [-0.05, 0) is 51.9 Å². The van der Waals surface area contributed by atoms with Gasteiger partial charge >= 0.3 is 0 Å². The second-order valence-corrected chi connectivity index (χ2v) is 9.28. The molecule has 0 aromatic carbocycles. The highest BCUT2D eigenvalue weighted by Crippen LogP contribution is 2.12. The van der Waals surface area contributed by atoms with Crippen LogP contribution >= 0.6 is 0 Å². The first kappa shape index (κ1) is 26.0. The molecule has 2 N–H and O–H groups in total. The van der Waals surface area contributed by atoms with E-state index in [0.29, 0.717) is 0 Å². The Labute approximate surface area is 178 Å². The largest absolute Gasteiger partial charge is 0.317 e. The highest BCUT2D eigenvalue weighted by atomic mass is 14.8. The van der Waals surface area contributed by atoms with Crippen molar-refractivity contribution in [3.05, 3.63) is 0 Å². The third-order valence-corrected chi connectivity index (χ3v) is 6.41. The second-order valence-electron chi connectivity index (χ2n) is 9.28. The average Bonchev–Trinajstić information content (AvgIpc) is 2.71. The fraction of sp³-hybridized carbons (Fsp3) is 1.00. The molecule has 1 aliphatic heterocycles. The molecule has 1 aliphatic rings. The maximum atomic E-state index is 3.65. The molecule has 2 heteroatoms. The van der Waals surface area contributed by atoms with Gasteiger partial charge in [-0.15, -0.1) is 0 Å². The smallest absolute Gasteiger partial charge is 0.00489 e. The molecule has 0 atom stereocenters. The van der Waals surface area contributed by atoms with Crippen LogP contribution in [0.15, 0.2) is 0 Å². The summed E-state index contributed by atoms with van der Waals surface area (Å²) in [7, 11) is 0. The minimum Gasteiger partial charge on any atom is -0.317 e. The number of rotatable bonds is 0. The summed E-state index contributed by atoms with van der Waals surface area (Å²) in [6, 6.07) is 0. The molecule has 1 saturated heterocycles. The summed E-state index contributed by atoms with van der Waals surface area (Å²) in [5, 5.41) is 7.30. The van der Waals surface area contributed by atoms with E-state index in [0.717, 1.165) is 0 Å². The molecule has 0 saturated carbocycles. The zero-order valence-electron chi connectivity index (χ0n) is 19.4. The minimum absolute atomic E-state index is 1.24. The molecule has 28 heavy (non-hydrogen) atoms. The lowest BCUT2D eigenvalue weighted by Gasteiger charge is -2.07. The van der Waals surface area contributed by atoms with E-state index in [1.807, 2.05) is 0 Å². The maximum absolute atomic E-state index is 3.65. The first-order chi connectivity index (χ1) is 14.0. The van der Waals surface area contributed by atoms with Crippen LogP contribution in [-0.2, 0) is 0 Å². The molecule has 0 aromatic rings. The van der Waals surface area contributed by atoms with Crippen molar-refractivity contribution >= 4 is 0 Å². The van der Waals surface area contributed by atoms with Crippen LogP contribution in [0.3, 0.4) is 0 Å². The van der Waals surface area contributed by atoms with E-state index in [4.69, 9.17) is 0 Å². The van der Waals surface area contributed by atoms with E-state index < -0.39 is 0 Å².